The van der Waals surface area contributed by atoms with E-state index < -0.39 is 0 Å². The van der Waals surface area contributed by atoms with Gasteiger partial charge in [-0.25, -0.2) is 9.97 Å². The number of aryl methyl sites for hydroxylation is 1. The van der Waals surface area contributed by atoms with Gasteiger partial charge in [0, 0.05) is 30.4 Å². The number of nitrogens with zero attached hydrogens (tertiary/aromatic N) is 3. The number of hydrogen-bond donors (Lipinski definition) is 1. The van der Waals surface area contributed by atoms with Crippen LogP contribution >= 0.6 is 0 Å². The Morgan fingerprint density at radius 2 is 1.75 bits per heavy atom. The molecule has 0 saturated heterocycles. The number of fused-ring (bicyclic) bond motifs is 1. The third-order valence-electron chi connectivity index (χ3n) is 4.31. The number of aromatic nitrogens is 3. The third kappa shape index (κ3) is 4.04. The van der Waals surface area contributed by atoms with Crippen molar-refractivity contribution in [1.82, 2.24) is 15.0 Å². The van der Waals surface area contributed by atoms with Crippen molar-refractivity contribution in [3.05, 3.63) is 72.6 Å². The zero-order valence-corrected chi connectivity index (χ0v) is 16.2. The molecular formula is C23H22N4O. The third-order valence-corrected chi connectivity index (χ3v) is 4.31. The Balaban J connectivity index is 0.000000706. The number of aldehydes is 1. The van der Waals surface area contributed by atoms with E-state index in [4.69, 9.17) is 9.78 Å². The average Bonchev–Trinajstić information content (AvgIpc) is 2.74. The van der Waals surface area contributed by atoms with Gasteiger partial charge in [-0.3, -0.25) is 4.98 Å². The topological polar surface area (TPSA) is 67.8 Å². The van der Waals surface area contributed by atoms with Gasteiger partial charge in [-0.05, 0) is 54.8 Å². The van der Waals surface area contributed by atoms with Crippen molar-refractivity contribution >= 4 is 23.0 Å². The molecule has 0 amide bonds. The van der Waals surface area contributed by atoms with Crippen LogP contribution in [0.2, 0.25) is 0 Å². The molecule has 0 atom stereocenters. The molecule has 1 N–H and O–H groups in total. The van der Waals surface area contributed by atoms with Gasteiger partial charge in [0.15, 0.2) is 5.82 Å². The van der Waals surface area contributed by atoms with Crippen LogP contribution in [0.15, 0.2) is 67.0 Å². The molecule has 0 saturated carbocycles. The first-order chi connectivity index (χ1) is 13.7. The van der Waals surface area contributed by atoms with Gasteiger partial charge in [0.25, 0.3) is 0 Å². The second-order valence-electron chi connectivity index (χ2n) is 6.17. The number of nitrogens with one attached hydrogen (secondary N) is 1. The van der Waals surface area contributed by atoms with Crippen LogP contribution in [0, 0.1) is 6.92 Å². The summed E-state index contributed by atoms with van der Waals surface area (Å²) in [6, 6.07) is 18.6. The van der Waals surface area contributed by atoms with Crippen LogP contribution in [-0.2, 0) is 4.79 Å². The standard InChI is InChI=1S/C21H18N4.C2H4O/c1-14-6-3-4-8-17(14)15-9-10-19-18(12-15)21(22-2)25-20(24-19)16-7-5-11-23-13-16;1-2-3/h3-13H,1-2H3,(H,22,24,25);2H,1H3. The van der Waals surface area contributed by atoms with E-state index in [-0.39, 0.29) is 0 Å². The van der Waals surface area contributed by atoms with Gasteiger partial charge >= 0.3 is 0 Å². The number of benzene rings is 2. The smallest absolute Gasteiger partial charge is 0.163 e. The molecule has 0 bridgehead atoms. The molecule has 2 aromatic carbocycles. The molecule has 0 aliphatic carbocycles. The number of carbonyl (C=O) groups excluding carboxylic acids is 1. The van der Waals surface area contributed by atoms with Gasteiger partial charge in [-0.15, -0.1) is 0 Å². The summed E-state index contributed by atoms with van der Waals surface area (Å²) in [5, 5.41) is 4.21. The molecule has 4 aromatic rings. The van der Waals surface area contributed by atoms with E-state index in [1.54, 1.807) is 12.4 Å². The van der Waals surface area contributed by atoms with Crippen LogP contribution in [0.4, 0.5) is 5.82 Å². The molecule has 0 aliphatic heterocycles. The predicted octanol–water partition coefficient (Wildman–Crippen LogP) is 4.91. The minimum atomic E-state index is 0.675. The first-order valence-corrected chi connectivity index (χ1v) is 9.03. The summed E-state index contributed by atoms with van der Waals surface area (Å²) in [4.78, 5) is 22.4. The highest BCUT2D eigenvalue weighted by Gasteiger charge is 2.10. The lowest BCUT2D eigenvalue weighted by Crippen LogP contribution is -1.99. The van der Waals surface area contributed by atoms with Gasteiger partial charge in [-0.2, -0.15) is 0 Å². The molecule has 5 heteroatoms. The Bertz CT molecular complexity index is 1090. The van der Waals surface area contributed by atoms with E-state index in [0.29, 0.717) is 5.82 Å². The van der Waals surface area contributed by atoms with Crippen LogP contribution in [-0.4, -0.2) is 28.3 Å². The number of carbonyl (C=O) groups is 1. The Morgan fingerprint density at radius 3 is 2.43 bits per heavy atom. The summed E-state index contributed by atoms with van der Waals surface area (Å²) in [7, 11) is 1.88. The van der Waals surface area contributed by atoms with E-state index in [1.807, 2.05) is 19.2 Å². The number of rotatable bonds is 3. The maximum Gasteiger partial charge on any atom is 0.163 e. The fraction of sp³-hybridized carbons (Fsp3) is 0.130. The number of hydrogen-bond acceptors (Lipinski definition) is 5. The van der Waals surface area contributed by atoms with Crippen LogP contribution in [0.1, 0.15) is 12.5 Å². The molecule has 0 spiro atoms. The van der Waals surface area contributed by atoms with Gasteiger partial charge in [0.1, 0.15) is 12.1 Å². The molecule has 28 heavy (non-hydrogen) atoms. The maximum atomic E-state index is 8.81. The van der Waals surface area contributed by atoms with Gasteiger partial charge in [0.2, 0.25) is 0 Å². The molecule has 140 valence electrons. The first kappa shape index (κ1) is 19.2. The molecular weight excluding hydrogens is 348 g/mol. The summed E-state index contributed by atoms with van der Waals surface area (Å²) >= 11 is 0. The highest BCUT2D eigenvalue weighted by atomic mass is 16.1. The second-order valence-corrected chi connectivity index (χ2v) is 6.17. The second kappa shape index (κ2) is 8.86. The first-order valence-electron chi connectivity index (χ1n) is 9.03. The van der Waals surface area contributed by atoms with Crippen molar-refractivity contribution in [1.29, 1.82) is 0 Å². The lowest BCUT2D eigenvalue weighted by molar-refractivity contribution is -0.106. The van der Waals surface area contributed by atoms with Crippen LogP contribution in [0.25, 0.3) is 33.4 Å². The molecule has 0 fully saturated rings. The zero-order chi connectivity index (χ0) is 19.9. The van der Waals surface area contributed by atoms with Crippen molar-refractivity contribution in [2.24, 2.45) is 0 Å². The molecule has 0 unspecified atom stereocenters. The molecule has 5 nitrogen and oxygen atoms in total. The van der Waals surface area contributed by atoms with Crippen LogP contribution < -0.4 is 5.32 Å². The molecule has 2 heterocycles. The average molecular weight is 370 g/mol. The Morgan fingerprint density at radius 1 is 0.964 bits per heavy atom. The van der Waals surface area contributed by atoms with Crippen molar-refractivity contribution in [3.8, 4) is 22.5 Å². The Hall–Kier alpha value is -3.60. The minimum Gasteiger partial charge on any atom is -0.373 e. The monoisotopic (exact) mass is 370 g/mol. The van der Waals surface area contributed by atoms with Crippen molar-refractivity contribution in [3.63, 3.8) is 0 Å². The minimum absolute atomic E-state index is 0.675. The normalized spacial score (nSPS) is 10.1. The summed E-state index contributed by atoms with van der Waals surface area (Å²) in [5.74, 6) is 1.49. The number of anilines is 1. The maximum absolute atomic E-state index is 8.81. The van der Waals surface area contributed by atoms with Gasteiger partial charge in [0.05, 0.1) is 5.52 Å². The summed E-state index contributed by atoms with van der Waals surface area (Å²) in [5.41, 5.74) is 5.46. The van der Waals surface area contributed by atoms with Gasteiger partial charge in [-0.1, -0.05) is 30.3 Å². The van der Waals surface area contributed by atoms with E-state index in [2.05, 4.69) is 64.7 Å². The van der Waals surface area contributed by atoms with E-state index in [1.165, 1.54) is 23.6 Å². The zero-order valence-electron chi connectivity index (χ0n) is 16.2. The fourth-order valence-electron chi connectivity index (χ4n) is 3.01. The summed E-state index contributed by atoms with van der Waals surface area (Å²) < 4.78 is 0. The fourth-order valence-corrected chi connectivity index (χ4v) is 3.01. The molecule has 0 aliphatic rings. The quantitative estimate of drug-likeness (QED) is 0.519. The SMILES string of the molecule is CC=O.CNc1nc(-c2cccnc2)nc2ccc(-c3ccccc3C)cc12. The molecule has 0 radical (unpaired) electrons. The van der Waals surface area contributed by atoms with Gasteiger partial charge < -0.3 is 10.1 Å². The largest absolute Gasteiger partial charge is 0.373 e. The summed E-state index contributed by atoms with van der Waals surface area (Å²) in [6.45, 7) is 3.57. The van der Waals surface area contributed by atoms with E-state index >= 15 is 0 Å². The summed E-state index contributed by atoms with van der Waals surface area (Å²) in [6.07, 6.45) is 4.28. The number of pyridine rings is 1. The van der Waals surface area contributed by atoms with Crippen molar-refractivity contribution in [2.45, 2.75) is 13.8 Å². The van der Waals surface area contributed by atoms with Crippen molar-refractivity contribution < 1.29 is 4.79 Å². The Kier molecular flexibility index (Phi) is 6.07. The van der Waals surface area contributed by atoms with Crippen LogP contribution in [0.3, 0.4) is 0 Å². The van der Waals surface area contributed by atoms with E-state index in [0.717, 1.165) is 28.6 Å². The van der Waals surface area contributed by atoms with Crippen molar-refractivity contribution in [2.75, 3.05) is 12.4 Å². The molecule has 2 aromatic heterocycles. The lowest BCUT2D eigenvalue weighted by Gasteiger charge is -2.11. The molecule has 4 rings (SSSR count). The van der Waals surface area contributed by atoms with Crippen LogP contribution in [0.5, 0.6) is 0 Å². The lowest BCUT2D eigenvalue weighted by atomic mass is 9.99. The van der Waals surface area contributed by atoms with E-state index in [9.17, 15) is 0 Å². The Labute approximate surface area is 164 Å². The predicted molar refractivity (Wildman–Crippen MR) is 114 cm³/mol. The highest BCUT2D eigenvalue weighted by Crippen LogP contribution is 2.30. The highest BCUT2D eigenvalue weighted by molar-refractivity contribution is 5.94.